The summed E-state index contributed by atoms with van der Waals surface area (Å²) in [5.74, 6) is 1.56. The number of aliphatic hydroxyl groups is 1. The number of pyridine rings is 2. The minimum absolute atomic E-state index is 0.183. The lowest BCUT2D eigenvalue weighted by atomic mass is 9.93. The molecule has 0 radical (unpaired) electrons. The summed E-state index contributed by atoms with van der Waals surface area (Å²) in [7, 11) is 0. The molecular formula is C27H27N7OS. The van der Waals surface area contributed by atoms with Crippen molar-refractivity contribution in [2.45, 2.75) is 44.4 Å². The van der Waals surface area contributed by atoms with Gasteiger partial charge in [-0.05, 0) is 73.2 Å². The van der Waals surface area contributed by atoms with Gasteiger partial charge in [0.1, 0.15) is 11.6 Å². The van der Waals surface area contributed by atoms with Crippen LogP contribution < -0.4 is 10.6 Å². The van der Waals surface area contributed by atoms with Crippen molar-refractivity contribution in [2.75, 3.05) is 10.6 Å². The molecule has 182 valence electrons. The first-order valence-corrected chi connectivity index (χ1v) is 13.0. The smallest absolute Gasteiger partial charge is 0.189 e. The van der Waals surface area contributed by atoms with E-state index in [1.165, 1.54) is 0 Å². The third kappa shape index (κ3) is 5.22. The minimum atomic E-state index is -0.183. The first kappa shape index (κ1) is 22.6. The summed E-state index contributed by atoms with van der Waals surface area (Å²) in [6.07, 6.45) is 10.7. The van der Waals surface area contributed by atoms with Gasteiger partial charge < -0.3 is 15.7 Å². The van der Waals surface area contributed by atoms with E-state index >= 15 is 0 Å². The molecule has 0 spiro atoms. The summed E-state index contributed by atoms with van der Waals surface area (Å²) in [5, 5.41) is 22.0. The Bertz CT molecular complexity index is 1440. The summed E-state index contributed by atoms with van der Waals surface area (Å²) < 4.78 is 3.00. The molecule has 0 amide bonds. The quantitative estimate of drug-likeness (QED) is 0.275. The fourth-order valence-corrected chi connectivity index (χ4v) is 5.54. The highest BCUT2D eigenvalue weighted by atomic mass is 32.1. The molecule has 1 aliphatic rings. The maximum atomic E-state index is 9.86. The molecule has 5 aromatic rings. The van der Waals surface area contributed by atoms with E-state index in [9.17, 15) is 5.11 Å². The molecule has 4 heterocycles. The topological polar surface area (TPSA) is 101 Å². The molecule has 0 unspecified atom stereocenters. The van der Waals surface area contributed by atoms with Crippen molar-refractivity contribution in [3.8, 4) is 11.1 Å². The van der Waals surface area contributed by atoms with Gasteiger partial charge in [-0.1, -0.05) is 23.5 Å². The van der Waals surface area contributed by atoms with Crippen molar-refractivity contribution < 1.29 is 5.11 Å². The van der Waals surface area contributed by atoms with Crippen molar-refractivity contribution in [1.82, 2.24) is 24.7 Å². The monoisotopic (exact) mass is 497 g/mol. The molecule has 1 saturated carbocycles. The summed E-state index contributed by atoms with van der Waals surface area (Å²) in [4.78, 5) is 13.9. The first-order valence-electron chi connectivity index (χ1n) is 12.2. The second-order valence-electron chi connectivity index (χ2n) is 9.17. The largest absolute Gasteiger partial charge is 0.393 e. The van der Waals surface area contributed by atoms with Crippen LogP contribution in [-0.4, -0.2) is 42.0 Å². The van der Waals surface area contributed by atoms with Crippen molar-refractivity contribution in [1.29, 1.82) is 0 Å². The summed E-state index contributed by atoms with van der Waals surface area (Å²) >= 11 is 1.61. The predicted octanol–water partition coefficient (Wildman–Crippen LogP) is 5.46. The summed E-state index contributed by atoms with van der Waals surface area (Å²) in [6, 6.07) is 16.6. The number of benzene rings is 1. The van der Waals surface area contributed by atoms with E-state index in [1.54, 1.807) is 23.7 Å². The number of thiazole rings is 1. The van der Waals surface area contributed by atoms with Crippen molar-refractivity contribution in [3.63, 3.8) is 0 Å². The van der Waals surface area contributed by atoms with E-state index in [0.717, 1.165) is 69.4 Å². The lowest BCUT2D eigenvalue weighted by Crippen LogP contribution is -2.28. The molecular weight excluding hydrogens is 470 g/mol. The third-order valence-corrected chi connectivity index (χ3v) is 7.39. The van der Waals surface area contributed by atoms with Crippen LogP contribution in [0.1, 0.15) is 31.2 Å². The van der Waals surface area contributed by atoms with E-state index in [0.29, 0.717) is 12.6 Å². The second kappa shape index (κ2) is 10.0. The van der Waals surface area contributed by atoms with Crippen LogP contribution in [-0.2, 0) is 6.54 Å². The van der Waals surface area contributed by atoms with Gasteiger partial charge in [0.15, 0.2) is 5.13 Å². The Labute approximate surface area is 213 Å². The van der Waals surface area contributed by atoms with E-state index in [1.807, 2.05) is 41.3 Å². The molecule has 0 atom stereocenters. The van der Waals surface area contributed by atoms with Crippen molar-refractivity contribution >= 4 is 38.3 Å². The number of aliphatic hydroxyl groups excluding tert-OH is 1. The van der Waals surface area contributed by atoms with Crippen LogP contribution in [0.3, 0.4) is 0 Å². The van der Waals surface area contributed by atoms with Crippen LogP contribution in [0.25, 0.3) is 21.3 Å². The SMILES string of the molecule is OC1CCC(Nc2cc(Cn3cccn3)cc(Nc3nc4ccc(-c5cccnc5)cc4s3)n2)CC1. The number of nitrogens with zero attached hydrogens (tertiary/aromatic N) is 5. The molecule has 1 fully saturated rings. The van der Waals surface area contributed by atoms with Gasteiger partial charge in [0.05, 0.1) is 22.9 Å². The molecule has 1 aromatic carbocycles. The zero-order chi connectivity index (χ0) is 24.3. The summed E-state index contributed by atoms with van der Waals surface area (Å²) in [5.41, 5.74) is 4.24. The highest BCUT2D eigenvalue weighted by molar-refractivity contribution is 7.22. The molecule has 6 rings (SSSR count). The maximum absolute atomic E-state index is 9.86. The fraction of sp³-hybridized carbons (Fsp3) is 0.259. The average molecular weight is 498 g/mol. The fourth-order valence-electron chi connectivity index (χ4n) is 4.63. The van der Waals surface area contributed by atoms with Crippen LogP contribution >= 0.6 is 11.3 Å². The van der Waals surface area contributed by atoms with Crippen LogP contribution in [0.5, 0.6) is 0 Å². The molecule has 8 nitrogen and oxygen atoms in total. The van der Waals surface area contributed by atoms with Crippen LogP contribution in [0.15, 0.2) is 73.3 Å². The van der Waals surface area contributed by atoms with E-state index in [4.69, 9.17) is 9.97 Å². The standard InChI is InChI=1S/C27H27N7OS/c35-22-7-5-21(6-8-22)30-25-13-18(17-34-12-2-11-29-34)14-26(32-25)33-27-31-23-9-4-19(15-24(23)36-27)20-3-1-10-28-16-20/h1-4,9-16,21-22,35H,5-8,17H2,(H2,30,31,32,33). The Hall–Kier alpha value is -3.82. The van der Waals surface area contributed by atoms with Crippen LogP contribution in [0.4, 0.5) is 16.8 Å². The molecule has 0 aliphatic heterocycles. The number of hydrogen-bond acceptors (Lipinski definition) is 8. The van der Waals surface area contributed by atoms with Gasteiger partial charge in [0.25, 0.3) is 0 Å². The number of nitrogens with one attached hydrogen (secondary N) is 2. The molecule has 0 bridgehead atoms. The third-order valence-electron chi connectivity index (χ3n) is 6.46. The zero-order valence-corrected chi connectivity index (χ0v) is 20.5. The number of fused-ring (bicyclic) bond motifs is 1. The first-order chi connectivity index (χ1) is 17.7. The predicted molar refractivity (Wildman–Crippen MR) is 144 cm³/mol. The van der Waals surface area contributed by atoms with Gasteiger partial charge in [0, 0.05) is 36.4 Å². The normalized spacial score (nSPS) is 17.8. The van der Waals surface area contributed by atoms with Gasteiger partial charge in [-0.2, -0.15) is 5.10 Å². The van der Waals surface area contributed by atoms with Crippen molar-refractivity contribution in [2.24, 2.45) is 0 Å². The van der Waals surface area contributed by atoms with E-state index in [2.05, 4.69) is 45.0 Å². The van der Waals surface area contributed by atoms with E-state index in [-0.39, 0.29) is 6.10 Å². The maximum Gasteiger partial charge on any atom is 0.189 e. The van der Waals surface area contributed by atoms with Gasteiger partial charge >= 0.3 is 0 Å². The lowest BCUT2D eigenvalue weighted by Gasteiger charge is -2.27. The Kier molecular flexibility index (Phi) is 6.31. The van der Waals surface area contributed by atoms with Crippen LogP contribution in [0, 0.1) is 0 Å². The zero-order valence-electron chi connectivity index (χ0n) is 19.7. The molecule has 0 saturated heterocycles. The van der Waals surface area contributed by atoms with Gasteiger partial charge in [0.2, 0.25) is 0 Å². The summed E-state index contributed by atoms with van der Waals surface area (Å²) in [6.45, 7) is 0.649. The minimum Gasteiger partial charge on any atom is -0.393 e. The lowest BCUT2D eigenvalue weighted by molar-refractivity contribution is 0.126. The molecule has 1 aliphatic carbocycles. The Balaban J connectivity index is 1.27. The number of anilines is 3. The molecule has 9 heteroatoms. The Morgan fingerprint density at radius 2 is 1.83 bits per heavy atom. The number of aromatic nitrogens is 5. The van der Waals surface area contributed by atoms with Gasteiger partial charge in [-0.25, -0.2) is 9.97 Å². The molecule has 36 heavy (non-hydrogen) atoms. The van der Waals surface area contributed by atoms with Gasteiger partial charge in [-0.15, -0.1) is 0 Å². The Morgan fingerprint density at radius 1 is 0.944 bits per heavy atom. The van der Waals surface area contributed by atoms with Crippen LogP contribution in [0.2, 0.25) is 0 Å². The average Bonchev–Trinajstić information content (AvgIpc) is 3.55. The molecule has 4 aromatic heterocycles. The highest BCUT2D eigenvalue weighted by Crippen LogP contribution is 2.32. The second-order valence-corrected chi connectivity index (χ2v) is 10.2. The van der Waals surface area contributed by atoms with E-state index < -0.39 is 0 Å². The van der Waals surface area contributed by atoms with Crippen molar-refractivity contribution in [3.05, 3.63) is 78.9 Å². The molecule has 3 N–H and O–H groups in total. The number of rotatable bonds is 7. The number of hydrogen-bond donors (Lipinski definition) is 3. The van der Waals surface area contributed by atoms with Gasteiger partial charge in [-0.3, -0.25) is 9.67 Å². The Morgan fingerprint density at radius 3 is 2.64 bits per heavy atom. The highest BCUT2D eigenvalue weighted by Gasteiger charge is 2.20.